The maximum absolute atomic E-state index is 12.7. The van der Waals surface area contributed by atoms with Gasteiger partial charge in [0.15, 0.2) is 11.5 Å². The smallest absolute Gasteiger partial charge is 0.263 e. The highest BCUT2D eigenvalue weighted by Gasteiger charge is 2.31. The number of allylic oxidation sites excluding steroid dienone is 4. The Morgan fingerprint density at radius 2 is 2.23 bits per heavy atom. The molecule has 0 aromatic carbocycles. The van der Waals surface area contributed by atoms with Gasteiger partial charge < -0.3 is 15.0 Å². The third-order valence-electron chi connectivity index (χ3n) is 5.07. The Kier molecular flexibility index (Phi) is 5.97. The van der Waals surface area contributed by atoms with Gasteiger partial charge in [-0.1, -0.05) is 35.5 Å². The zero-order chi connectivity index (χ0) is 22.0. The fraction of sp³-hybridized carbons (Fsp3) is 0.286. The minimum Gasteiger partial charge on any atom is -0.384 e. The Labute approximate surface area is 182 Å². The van der Waals surface area contributed by atoms with Crippen molar-refractivity contribution >= 4 is 28.5 Å². The summed E-state index contributed by atoms with van der Waals surface area (Å²) in [4.78, 5) is 25.4. The molecule has 1 aliphatic rings. The van der Waals surface area contributed by atoms with Gasteiger partial charge >= 0.3 is 0 Å². The number of rotatable bonds is 6. The zero-order valence-corrected chi connectivity index (χ0v) is 17.6. The van der Waals surface area contributed by atoms with Crippen LogP contribution in [0.2, 0.25) is 0 Å². The number of aromatic nitrogens is 5. The van der Waals surface area contributed by atoms with E-state index in [1.165, 1.54) is 10.9 Å². The van der Waals surface area contributed by atoms with Gasteiger partial charge in [0.1, 0.15) is 18.7 Å². The van der Waals surface area contributed by atoms with Crippen molar-refractivity contribution in [2.24, 2.45) is 0 Å². The minimum absolute atomic E-state index is 0.00308. The van der Waals surface area contributed by atoms with Gasteiger partial charge in [-0.3, -0.25) is 9.36 Å². The molecule has 9 nitrogen and oxygen atoms in total. The second-order valence-corrected chi connectivity index (χ2v) is 7.69. The molecule has 31 heavy (non-hydrogen) atoms. The summed E-state index contributed by atoms with van der Waals surface area (Å²) in [5.74, 6) is 1.18. The van der Waals surface area contributed by atoms with E-state index in [0.717, 1.165) is 12.0 Å². The maximum Gasteiger partial charge on any atom is 0.263 e. The van der Waals surface area contributed by atoms with E-state index in [1.54, 1.807) is 24.3 Å². The molecule has 10 heteroatoms. The lowest BCUT2D eigenvalue weighted by Gasteiger charge is -2.08. The van der Waals surface area contributed by atoms with Gasteiger partial charge in [-0.25, -0.2) is 9.97 Å². The number of halogens is 1. The van der Waals surface area contributed by atoms with Crippen molar-refractivity contribution in [1.29, 1.82) is 0 Å². The van der Waals surface area contributed by atoms with E-state index in [2.05, 4.69) is 26.7 Å². The first-order chi connectivity index (χ1) is 14.9. The van der Waals surface area contributed by atoms with Crippen LogP contribution in [0.15, 0.2) is 63.2 Å². The topological polar surface area (TPSA) is 122 Å². The maximum atomic E-state index is 12.7. The Morgan fingerprint density at radius 1 is 1.39 bits per heavy atom. The lowest BCUT2D eigenvalue weighted by molar-refractivity contribution is 0.134. The molecule has 4 heterocycles. The molecule has 0 unspecified atom stereocenters. The third kappa shape index (κ3) is 4.57. The van der Waals surface area contributed by atoms with Gasteiger partial charge in [0.25, 0.3) is 5.56 Å². The van der Waals surface area contributed by atoms with Crippen molar-refractivity contribution in [3.8, 4) is 0 Å². The summed E-state index contributed by atoms with van der Waals surface area (Å²) in [6, 6.07) is 3.17. The molecule has 2 atom stereocenters. The number of pyridine rings is 1. The summed E-state index contributed by atoms with van der Waals surface area (Å²) < 4.78 is 12.6. The number of nitrogens with zero attached hydrogens (tertiary/aromatic N) is 5. The molecule has 160 valence electrons. The molecule has 0 saturated carbocycles. The minimum atomic E-state index is -0.256. The number of nitrogens with two attached hydrogens (primary N) is 1. The fourth-order valence-corrected chi connectivity index (χ4v) is 3.39. The average molecular weight is 441 g/mol. The highest BCUT2D eigenvalue weighted by atomic mass is 35.5. The first kappa shape index (κ1) is 21.0. The molecule has 4 rings (SSSR count). The van der Waals surface area contributed by atoms with Crippen LogP contribution in [0.4, 0.5) is 5.82 Å². The van der Waals surface area contributed by atoms with Crippen LogP contribution < -0.4 is 11.3 Å². The van der Waals surface area contributed by atoms with E-state index in [-0.39, 0.29) is 24.1 Å². The van der Waals surface area contributed by atoms with Gasteiger partial charge in [0.2, 0.25) is 5.89 Å². The van der Waals surface area contributed by atoms with Crippen molar-refractivity contribution < 1.29 is 9.26 Å². The van der Waals surface area contributed by atoms with Crippen LogP contribution in [-0.2, 0) is 11.3 Å². The number of fused-ring (bicyclic) bond motifs is 1. The van der Waals surface area contributed by atoms with Gasteiger partial charge in [-0.2, -0.15) is 4.98 Å². The second-order valence-electron chi connectivity index (χ2n) is 7.25. The highest BCUT2D eigenvalue weighted by Crippen LogP contribution is 2.31. The predicted molar refractivity (Wildman–Crippen MR) is 117 cm³/mol. The Hall–Kier alpha value is -3.30. The first-order valence-corrected chi connectivity index (χ1v) is 10.0. The largest absolute Gasteiger partial charge is 0.384 e. The van der Waals surface area contributed by atoms with Crippen LogP contribution in [-0.4, -0.2) is 37.4 Å². The summed E-state index contributed by atoms with van der Waals surface area (Å²) in [5, 5.41) is 5.02. The van der Waals surface area contributed by atoms with Crippen molar-refractivity contribution in [2.75, 3.05) is 12.3 Å². The predicted octanol–water partition coefficient (Wildman–Crippen LogP) is 2.93. The molecule has 1 aliphatic heterocycles. The summed E-state index contributed by atoms with van der Waals surface area (Å²) in [5.41, 5.74) is 6.74. The number of hydrogen-bond donors (Lipinski definition) is 1. The van der Waals surface area contributed by atoms with E-state index in [1.807, 2.05) is 13.0 Å². The molecule has 0 bridgehead atoms. The van der Waals surface area contributed by atoms with E-state index < -0.39 is 0 Å². The van der Waals surface area contributed by atoms with E-state index in [4.69, 9.17) is 26.6 Å². The Morgan fingerprint density at radius 3 is 3.03 bits per heavy atom. The summed E-state index contributed by atoms with van der Waals surface area (Å²) >= 11 is 5.95. The number of ether oxygens (including phenoxy) is 1. The van der Waals surface area contributed by atoms with Gasteiger partial charge in [0.05, 0.1) is 18.1 Å². The van der Waals surface area contributed by atoms with Crippen LogP contribution >= 0.6 is 11.6 Å². The van der Waals surface area contributed by atoms with Crippen LogP contribution in [0.5, 0.6) is 0 Å². The molecule has 1 saturated heterocycles. The summed E-state index contributed by atoms with van der Waals surface area (Å²) in [7, 11) is 0. The fourth-order valence-electron chi connectivity index (χ4n) is 3.33. The monoisotopic (exact) mass is 440 g/mol. The van der Waals surface area contributed by atoms with E-state index >= 15 is 0 Å². The molecule has 0 radical (unpaired) electrons. The van der Waals surface area contributed by atoms with Crippen LogP contribution in [0.3, 0.4) is 0 Å². The van der Waals surface area contributed by atoms with E-state index in [9.17, 15) is 4.79 Å². The molecular weight excluding hydrogens is 420 g/mol. The third-order valence-corrected chi connectivity index (χ3v) is 5.35. The molecule has 0 aliphatic carbocycles. The van der Waals surface area contributed by atoms with Crippen molar-refractivity contribution in [3.05, 3.63) is 75.9 Å². The van der Waals surface area contributed by atoms with E-state index in [0.29, 0.717) is 40.2 Å². The summed E-state index contributed by atoms with van der Waals surface area (Å²) in [6.45, 7) is 6.20. The van der Waals surface area contributed by atoms with Crippen molar-refractivity contribution in [3.63, 3.8) is 0 Å². The van der Waals surface area contributed by atoms with Gasteiger partial charge in [-0.15, -0.1) is 0 Å². The Bertz CT molecular complexity index is 1250. The molecule has 0 amide bonds. The standard InChI is InChI=1S/C21H21ClN6O3/c1-3-14(22)5-4-12(2)16-8-13(10-30-16)19-26-18(31-27-19)9-28-11-24-20-15(21(28)29)6-7-17(23)25-20/h3-7,11,13,16H,1,8-10H2,2H3,(H2,23,25)/b12-4+,14-5+/t13-,16+/m0/s1. The number of anilines is 1. The number of hydrogen-bond acceptors (Lipinski definition) is 8. The van der Waals surface area contributed by atoms with Crippen molar-refractivity contribution in [1.82, 2.24) is 24.7 Å². The van der Waals surface area contributed by atoms with Crippen LogP contribution in [0, 0.1) is 0 Å². The number of nitrogen functional groups attached to an aromatic ring is 1. The second kappa shape index (κ2) is 8.83. The first-order valence-electron chi connectivity index (χ1n) is 9.66. The molecule has 2 N–H and O–H groups in total. The highest BCUT2D eigenvalue weighted by molar-refractivity contribution is 6.31. The van der Waals surface area contributed by atoms with Crippen LogP contribution in [0.25, 0.3) is 11.0 Å². The molecular formula is C21H21ClN6O3. The van der Waals surface area contributed by atoms with Crippen LogP contribution in [0.1, 0.15) is 31.0 Å². The molecule has 3 aromatic rings. The summed E-state index contributed by atoms with van der Waals surface area (Å²) in [6.07, 6.45) is 7.35. The Balaban J connectivity index is 1.46. The average Bonchev–Trinajstić information content (AvgIpc) is 3.43. The lowest BCUT2D eigenvalue weighted by atomic mass is 10.0. The van der Waals surface area contributed by atoms with Gasteiger partial charge in [0, 0.05) is 11.0 Å². The molecule has 0 spiro atoms. The lowest BCUT2D eigenvalue weighted by Crippen LogP contribution is -2.21. The SMILES string of the molecule is C=C/C(Cl)=C\C=C(/C)[C@H]1C[C@H](c2noc(Cn3cnc4nc(N)ccc4c3=O)n2)CO1. The molecule has 1 fully saturated rings. The van der Waals surface area contributed by atoms with Crippen molar-refractivity contribution in [2.45, 2.75) is 31.9 Å². The normalized spacial score (nSPS) is 19.8. The molecule has 3 aromatic heterocycles. The quantitative estimate of drug-likeness (QED) is 0.580. The zero-order valence-electron chi connectivity index (χ0n) is 16.9. The van der Waals surface area contributed by atoms with Gasteiger partial charge in [-0.05, 0) is 37.1 Å².